The molecule has 1 unspecified atom stereocenters. The molecule has 0 aromatic carbocycles. The van der Waals surface area contributed by atoms with Crippen LogP contribution < -0.4 is 0 Å². The summed E-state index contributed by atoms with van der Waals surface area (Å²) < 4.78 is 0. The minimum atomic E-state index is 0.170. The van der Waals surface area contributed by atoms with Crippen LogP contribution in [0.1, 0.15) is 39.5 Å². The Morgan fingerprint density at radius 3 is 2.70 bits per heavy atom. The van der Waals surface area contributed by atoms with Crippen LogP contribution in [0.15, 0.2) is 4.99 Å². The van der Waals surface area contributed by atoms with Crippen molar-refractivity contribution in [3.63, 3.8) is 0 Å². The van der Waals surface area contributed by atoms with Gasteiger partial charge in [-0.15, -0.1) is 0 Å². The number of rotatable bonds is 5. The van der Waals surface area contributed by atoms with Crippen LogP contribution in [0.25, 0.3) is 0 Å². The van der Waals surface area contributed by atoms with Crippen LogP contribution in [0.5, 0.6) is 0 Å². The highest BCUT2D eigenvalue weighted by Gasteiger charge is 1.96. The van der Waals surface area contributed by atoms with Gasteiger partial charge < -0.3 is 0 Å². The van der Waals surface area contributed by atoms with Crippen LogP contribution in [0.2, 0.25) is 0 Å². The van der Waals surface area contributed by atoms with E-state index in [1.54, 1.807) is 6.08 Å². The first-order valence-corrected chi connectivity index (χ1v) is 3.88. The van der Waals surface area contributed by atoms with Crippen molar-refractivity contribution in [2.24, 2.45) is 4.99 Å². The van der Waals surface area contributed by atoms with E-state index in [1.165, 1.54) is 19.3 Å². The lowest BCUT2D eigenvalue weighted by molar-refractivity contribution is 0.548. The van der Waals surface area contributed by atoms with Crippen LogP contribution >= 0.6 is 0 Å². The number of hydrogen-bond donors (Lipinski definition) is 0. The molecule has 0 aliphatic rings. The molecular weight excluding hydrogens is 126 g/mol. The number of aliphatic imine (C=N–C) groups is 1. The minimum Gasteiger partial charge on any atom is -0.211 e. The SMILES string of the molecule is CCCCCC(C)N=C=O. The third-order valence-corrected chi connectivity index (χ3v) is 1.50. The molecule has 0 N–H and O–H groups in total. The molecule has 0 saturated heterocycles. The molecule has 0 aliphatic carbocycles. The molecule has 0 aromatic rings. The summed E-state index contributed by atoms with van der Waals surface area (Å²) in [7, 11) is 0. The van der Waals surface area contributed by atoms with Gasteiger partial charge in [-0.1, -0.05) is 26.2 Å². The lowest BCUT2D eigenvalue weighted by Crippen LogP contribution is -1.96. The fourth-order valence-corrected chi connectivity index (χ4v) is 0.844. The van der Waals surface area contributed by atoms with Gasteiger partial charge >= 0.3 is 0 Å². The van der Waals surface area contributed by atoms with E-state index in [4.69, 9.17) is 0 Å². The number of unbranched alkanes of at least 4 members (excludes halogenated alkanes) is 2. The van der Waals surface area contributed by atoms with Crippen molar-refractivity contribution in [3.8, 4) is 0 Å². The Kier molecular flexibility index (Phi) is 6.10. The standard InChI is InChI=1S/C8H15NO/c1-3-4-5-6-8(2)9-7-10/h8H,3-6H2,1-2H3. The average Bonchev–Trinajstić information content (AvgIpc) is 1.89. The summed E-state index contributed by atoms with van der Waals surface area (Å²) in [6.45, 7) is 4.11. The summed E-state index contributed by atoms with van der Waals surface area (Å²) in [5.74, 6) is 0. The molecule has 0 heterocycles. The zero-order chi connectivity index (χ0) is 7.82. The van der Waals surface area contributed by atoms with Gasteiger partial charge in [0.25, 0.3) is 0 Å². The van der Waals surface area contributed by atoms with Crippen LogP contribution in [0.4, 0.5) is 0 Å². The highest BCUT2D eigenvalue weighted by molar-refractivity contribution is 5.33. The van der Waals surface area contributed by atoms with Gasteiger partial charge in [0.1, 0.15) is 0 Å². The quantitative estimate of drug-likeness (QED) is 0.328. The molecule has 0 fully saturated rings. The molecule has 2 nitrogen and oxygen atoms in total. The zero-order valence-corrected chi connectivity index (χ0v) is 6.76. The first-order valence-electron chi connectivity index (χ1n) is 3.88. The fraction of sp³-hybridized carbons (Fsp3) is 0.875. The van der Waals surface area contributed by atoms with E-state index in [9.17, 15) is 4.79 Å². The molecule has 0 rings (SSSR count). The maximum Gasteiger partial charge on any atom is 0.235 e. The summed E-state index contributed by atoms with van der Waals surface area (Å²) in [5, 5.41) is 0. The maximum atomic E-state index is 9.76. The third-order valence-electron chi connectivity index (χ3n) is 1.50. The van der Waals surface area contributed by atoms with Crippen molar-refractivity contribution in [1.82, 2.24) is 0 Å². The Bertz CT molecular complexity index is 116. The molecule has 0 bridgehead atoms. The topological polar surface area (TPSA) is 29.4 Å². The monoisotopic (exact) mass is 141 g/mol. The van der Waals surface area contributed by atoms with Crippen molar-refractivity contribution in [3.05, 3.63) is 0 Å². The predicted octanol–water partition coefficient (Wildman–Crippen LogP) is 2.29. The van der Waals surface area contributed by atoms with E-state index in [1.807, 2.05) is 6.92 Å². The molecule has 1 atom stereocenters. The van der Waals surface area contributed by atoms with Gasteiger partial charge in [0, 0.05) is 0 Å². The first-order chi connectivity index (χ1) is 4.81. The minimum absolute atomic E-state index is 0.170. The Balaban J connectivity index is 3.21. The van der Waals surface area contributed by atoms with Crippen molar-refractivity contribution < 1.29 is 4.79 Å². The molecule has 0 radical (unpaired) electrons. The second-order valence-electron chi connectivity index (χ2n) is 2.57. The number of carbonyl (C=O) groups excluding carboxylic acids is 1. The van der Waals surface area contributed by atoms with E-state index in [0.29, 0.717) is 0 Å². The van der Waals surface area contributed by atoms with Crippen LogP contribution in [-0.2, 0) is 4.79 Å². The normalized spacial score (nSPS) is 12.2. The number of isocyanates is 1. The van der Waals surface area contributed by atoms with Crippen molar-refractivity contribution in [1.29, 1.82) is 0 Å². The van der Waals surface area contributed by atoms with E-state index in [0.717, 1.165) is 6.42 Å². The molecule has 0 saturated carbocycles. The van der Waals surface area contributed by atoms with E-state index in [-0.39, 0.29) is 6.04 Å². The lowest BCUT2D eigenvalue weighted by Gasteiger charge is -2.00. The van der Waals surface area contributed by atoms with Crippen LogP contribution in [-0.4, -0.2) is 12.1 Å². The highest BCUT2D eigenvalue weighted by atomic mass is 16.1. The van der Waals surface area contributed by atoms with Gasteiger partial charge in [-0.3, -0.25) is 0 Å². The summed E-state index contributed by atoms with van der Waals surface area (Å²) in [4.78, 5) is 13.3. The summed E-state index contributed by atoms with van der Waals surface area (Å²) in [6, 6.07) is 0.170. The molecule has 0 aromatic heterocycles. The summed E-state index contributed by atoms with van der Waals surface area (Å²) in [5.41, 5.74) is 0. The van der Waals surface area contributed by atoms with Crippen LogP contribution in [0.3, 0.4) is 0 Å². The van der Waals surface area contributed by atoms with Gasteiger partial charge in [0.15, 0.2) is 0 Å². The molecule has 58 valence electrons. The molecular formula is C8H15NO. The fourth-order valence-electron chi connectivity index (χ4n) is 0.844. The smallest absolute Gasteiger partial charge is 0.211 e. The van der Waals surface area contributed by atoms with Crippen molar-refractivity contribution >= 4 is 6.08 Å². The number of nitrogens with zero attached hydrogens (tertiary/aromatic N) is 1. The van der Waals surface area contributed by atoms with Gasteiger partial charge in [0.2, 0.25) is 6.08 Å². The van der Waals surface area contributed by atoms with Gasteiger partial charge in [0.05, 0.1) is 6.04 Å². The van der Waals surface area contributed by atoms with E-state index >= 15 is 0 Å². The molecule has 0 aliphatic heterocycles. The maximum absolute atomic E-state index is 9.76. The molecule has 10 heavy (non-hydrogen) atoms. The number of hydrogen-bond acceptors (Lipinski definition) is 2. The second-order valence-corrected chi connectivity index (χ2v) is 2.57. The zero-order valence-electron chi connectivity index (χ0n) is 6.76. The third kappa shape index (κ3) is 5.52. The van der Waals surface area contributed by atoms with Gasteiger partial charge in [-0.05, 0) is 13.3 Å². The molecule has 0 amide bonds. The van der Waals surface area contributed by atoms with E-state index < -0.39 is 0 Å². The lowest BCUT2D eigenvalue weighted by atomic mass is 10.1. The summed E-state index contributed by atoms with van der Waals surface area (Å²) >= 11 is 0. The first kappa shape index (κ1) is 9.38. The second kappa shape index (κ2) is 6.50. The molecule has 2 heteroatoms. The Labute approximate surface area is 62.4 Å². The van der Waals surface area contributed by atoms with E-state index in [2.05, 4.69) is 11.9 Å². The molecule has 0 spiro atoms. The average molecular weight is 141 g/mol. The Morgan fingerprint density at radius 2 is 2.20 bits per heavy atom. The van der Waals surface area contributed by atoms with Gasteiger partial charge in [-0.2, -0.15) is 0 Å². The Hall–Kier alpha value is -0.620. The van der Waals surface area contributed by atoms with Crippen molar-refractivity contribution in [2.45, 2.75) is 45.6 Å². The largest absolute Gasteiger partial charge is 0.235 e. The van der Waals surface area contributed by atoms with Gasteiger partial charge in [-0.25, -0.2) is 9.79 Å². The van der Waals surface area contributed by atoms with Crippen molar-refractivity contribution in [2.75, 3.05) is 0 Å². The predicted molar refractivity (Wildman–Crippen MR) is 41.7 cm³/mol. The Morgan fingerprint density at radius 1 is 1.50 bits per heavy atom. The summed E-state index contributed by atoms with van der Waals surface area (Å²) in [6.07, 6.45) is 6.21. The highest BCUT2D eigenvalue weighted by Crippen LogP contribution is 2.04. The van der Waals surface area contributed by atoms with Crippen LogP contribution in [0, 0.1) is 0 Å².